The van der Waals surface area contributed by atoms with Gasteiger partial charge in [0.25, 0.3) is 0 Å². The molecule has 376 valence electrons. The zero-order valence-electron chi connectivity index (χ0n) is 43.0. The Morgan fingerprint density at radius 3 is 2.12 bits per heavy atom. The van der Waals surface area contributed by atoms with E-state index >= 15 is 0 Å². The molecule has 2 heterocycles. The molecule has 1 aromatic heterocycles. The molecule has 1 aromatic carbocycles. The third kappa shape index (κ3) is 16.7. The van der Waals surface area contributed by atoms with Crippen LogP contribution in [0.5, 0.6) is 0 Å². The van der Waals surface area contributed by atoms with Crippen molar-refractivity contribution in [3.63, 3.8) is 0 Å². The molecule has 15 nitrogen and oxygen atoms in total. The minimum atomic E-state index is -0.865. The van der Waals surface area contributed by atoms with Crippen LogP contribution < -0.4 is 10.6 Å². The van der Waals surface area contributed by atoms with Crippen LogP contribution in [0.4, 0.5) is 4.79 Å². The first-order valence-corrected chi connectivity index (χ1v) is 24.9. The zero-order valence-corrected chi connectivity index (χ0v) is 43.8. The molecule has 0 bridgehead atoms. The maximum absolute atomic E-state index is 14.6. The van der Waals surface area contributed by atoms with Crippen molar-refractivity contribution < 1.29 is 38.2 Å². The van der Waals surface area contributed by atoms with Crippen LogP contribution in [0.2, 0.25) is 0 Å². The number of rotatable bonds is 26. The molecule has 0 unspecified atom stereocenters. The molecule has 0 radical (unpaired) electrons. The molecule has 16 heteroatoms. The standard InChI is InChI=1S/C51H83N7O8S/c1-16-35(6)44(57(13)49(62)42(33(2)3)54-47(61)43(34(4)5)55(11)27-20-21-28-56(12)50(63)66-51(8,9)10)40(64-14)32-41(59)58-29-22-25-39(58)45(65-15)36(7)46(60)53-38(48-52-26-30-67-48)31-37-23-18-17-19-24-37/h17-19,23-24,26,30,33-34,36,38-40,42-45H,6,16,20-22,25,27-29,31-32H2,1-5,7-15H3,(H,53,60)(H,54,61)/t36-,38+,39+,40-,42+,43+,44+,45-/m1/s1. The fraction of sp³-hybridized carbons (Fsp3) is 0.686. The van der Waals surface area contributed by atoms with Crippen LogP contribution >= 0.6 is 11.3 Å². The highest BCUT2D eigenvalue weighted by Crippen LogP contribution is 2.30. The van der Waals surface area contributed by atoms with Crippen molar-refractivity contribution in [1.29, 1.82) is 0 Å². The minimum absolute atomic E-state index is 0.0407. The molecular formula is C51H83N7O8S. The maximum atomic E-state index is 14.6. The summed E-state index contributed by atoms with van der Waals surface area (Å²) in [6.45, 7) is 23.0. The summed E-state index contributed by atoms with van der Waals surface area (Å²) in [6, 6.07) is 7.23. The number of carbonyl (C=O) groups is 5. The molecule has 0 aliphatic carbocycles. The summed E-state index contributed by atoms with van der Waals surface area (Å²) in [5, 5.41) is 9.04. The maximum Gasteiger partial charge on any atom is 0.410 e. The number of unbranched alkanes of at least 4 members (excludes halogenated alkanes) is 1. The molecule has 0 spiro atoms. The van der Waals surface area contributed by atoms with Crippen LogP contribution in [-0.2, 0) is 39.8 Å². The molecule has 1 saturated heterocycles. The van der Waals surface area contributed by atoms with Crippen molar-refractivity contribution in [2.75, 3.05) is 55.0 Å². The van der Waals surface area contributed by atoms with E-state index in [9.17, 15) is 24.0 Å². The monoisotopic (exact) mass is 954 g/mol. The summed E-state index contributed by atoms with van der Waals surface area (Å²) in [5.41, 5.74) is 1.22. The normalized spacial score (nSPS) is 17.3. The average Bonchev–Trinajstić information content (AvgIpc) is 4.00. The number of aromatic nitrogens is 1. The fourth-order valence-electron chi connectivity index (χ4n) is 9.06. The van der Waals surface area contributed by atoms with Crippen LogP contribution in [0.1, 0.15) is 117 Å². The van der Waals surface area contributed by atoms with Crippen molar-refractivity contribution in [2.24, 2.45) is 17.8 Å². The third-order valence-corrected chi connectivity index (χ3v) is 13.6. The number of likely N-dealkylation sites (tertiary alicyclic amines) is 1. The van der Waals surface area contributed by atoms with Gasteiger partial charge >= 0.3 is 6.09 Å². The van der Waals surface area contributed by atoms with Gasteiger partial charge in [0.15, 0.2) is 0 Å². The summed E-state index contributed by atoms with van der Waals surface area (Å²) in [4.78, 5) is 81.1. The van der Waals surface area contributed by atoms with Crippen molar-refractivity contribution in [3.05, 3.63) is 64.6 Å². The molecule has 67 heavy (non-hydrogen) atoms. The molecule has 0 saturated carbocycles. The highest BCUT2D eigenvalue weighted by atomic mass is 32.1. The number of nitrogens with zero attached hydrogens (tertiary/aromatic N) is 5. The van der Waals surface area contributed by atoms with Crippen LogP contribution in [0.15, 0.2) is 54.1 Å². The average molecular weight is 954 g/mol. The van der Waals surface area contributed by atoms with Gasteiger partial charge in [-0.25, -0.2) is 9.78 Å². The first-order chi connectivity index (χ1) is 31.6. The molecular weight excluding hydrogens is 871 g/mol. The lowest BCUT2D eigenvalue weighted by molar-refractivity contribution is -0.145. The van der Waals surface area contributed by atoms with E-state index in [2.05, 4.69) is 22.2 Å². The van der Waals surface area contributed by atoms with E-state index in [1.807, 2.05) is 110 Å². The van der Waals surface area contributed by atoms with Gasteiger partial charge < -0.3 is 39.5 Å². The number of ether oxygens (including phenoxy) is 3. The van der Waals surface area contributed by atoms with Crippen LogP contribution in [0.3, 0.4) is 0 Å². The van der Waals surface area contributed by atoms with E-state index in [0.717, 1.165) is 29.8 Å². The number of benzene rings is 1. The van der Waals surface area contributed by atoms with Gasteiger partial charge in [0.2, 0.25) is 23.6 Å². The number of thiazole rings is 1. The Kier molecular flexibility index (Phi) is 22.9. The second-order valence-electron chi connectivity index (χ2n) is 19.8. The predicted molar refractivity (Wildman–Crippen MR) is 265 cm³/mol. The van der Waals surface area contributed by atoms with Gasteiger partial charge in [-0.05, 0) is 90.3 Å². The first kappa shape index (κ1) is 56.9. The second-order valence-corrected chi connectivity index (χ2v) is 20.7. The Bertz CT molecular complexity index is 1870. The highest BCUT2D eigenvalue weighted by molar-refractivity contribution is 7.09. The molecule has 5 amide bonds. The fourth-order valence-corrected chi connectivity index (χ4v) is 9.75. The van der Waals surface area contributed by atoms with Crippen LogP contribution in [0, 0.1) is 17.8 Å². The highest BCUT2D eigenvalue weighted by Gasteiger charge is 2.43. The van der Waals surface area contributed by atoms with Crippen LogP contribution in [0.25, 0.3) is 0 Å². The number of hydrogen-bond acceptors (Lipinski definition) is 11. The molecule has 1 aliphatic heterocycles. The van der Waals surface area contributed by atoms with Crippen molar-refractivity contribution in [3.8, 4) is 0 Å². The largest absolute Gasteiger partial charge is 0.444 e. The Labute approximate surface area is 405 Å². The topological polar surface area (TPSA) is 163 Å². The number of hydrogen-bond donors (Lipinski definition) is 2. The minimum Gasteiger partial charge on any atom is -0.444 e. The molecule has 8 atom stereocenters. The van der Waals surface area contributed by atoms with E-state index in [1.165, 1.54) is 18.4 Å². The quantitative estimate of drug-likeness (QED) is 0.0733. The Balaban J connectivity index is 1.73. The van der Waals surface area contributed by atoms with Crippen molar-refractivity contribution in [2.45, 2.75) is 155 Å². The number of nitrogens with one attached hydrogen (secondary N) is 2. The SMILES string of the molecule is C=C(CC)[C@@H]([C@@H](CC(=O)N1CCC[C@H]1[C@H](OC)[C@@H](C)C(=O)N[C@@H](Cc1ccccc1)c1nccs1)OC)N(C)C(=O)[C@@H](NC(=O)[C@H](C(C)C)N(C)CCCCN(C)C(=O)OC(C)(C)C)C(C)C. The Morgan fingerprint density at radius 1 is 0.910 bits per heavy atom. The summed E-state index contributed by atoms with van der Waals surface area (Å²) in [5.74, 6) is -1.83. The van der Waals surface area contributed by atoms with Gasteiger partial charge in [0.05, 0.1) is 48.7 Å². The molecule has 3 rings (SSSR count). The van der Waals surface area contributed by atoms with Crippen LogP contribution in [-0.4, -0.2) is 151 Å². The first-order valence-electron chi connectivity index (χ1n) is 24.0. The van der Waals surface area contributed by atoms with Gasteiger partial charge in [-0.2, -0.15) is 0 Å². The summed E-state index contributed by atoms with van der Waals surface area (Å²) in [7, 11) is 8.42. The predicted octanol–water partition coefficient (Wildman–Crippen LogP) is 7.13. The lowest BCUT2D eigenvalue weighted by atomic mass is 9.92. The number of likely N-dealkylation sites (N-methyl/N-ethyl adjacent to an activating group) is 2. The van der Waals surface area contributed by atoms with E-state index in [0.29, 0.717) is 44.5 Å². The van der Waals surface area contributed by atoms with Gasteiger partial charge in [-0.3, -0.25) is 24.1 Å². The lowest BCUT2D eigenvalue weighted by Gasteiger charge is -2.39. The summed E-state index contributed by atoms with van der Waals surface area (Å²) < 4.78 is 17.6. The number of carbonyl (C=O) groups excluding carboxylic acids is 5. The van der Waals surface area contributed by atoms with Gasteiger partial charge in [0, 0.05) is 53.0 Å². The smallest absolute Gasteiger partial charge is 0.410 e. The van der Waals surface area contributed by atoms with E-state index in [4.69, 9.17) is 14.2 Å². The van der Waals surface area contributed by atoms with Gasteiger partial charge in [-0.15, -0.1) is 11.3 Å². The Hall–Kier alpha value is -4.38. The van der Waals surface area contributed by atoms with E-state index in [1.54, 1.807) is 42.1 Å². The van der Waals surface area contributed by atoms with Crippen molar-refractivity contribution in [1.82, 2.24) is 35.2 Å². The molecule has 1 aliphatic rings. The number of methoxy groups -OCH3 is 2. The zero-order chi connectivity index (χ0) is 50.2. The molecule has 2 N–H and O–H groups in total. The molecule has 2 aromatic rings. The Morgan fingerprint density at radius 2 is 1.57 bits per heavy atom. The summed E-state index contributed by atoms with van der Waals surface area (Å²) in [6.07, 6.45) is 3.98. The summed E-state index contributed by atoms with van der Waals surface area (Å²) >= 11 is 1.49. The van der Waals surface area contributed by atoms with E-state index in [-0.39, 0.29) is 60.1 Å². The van der Waals surface area contributed by atoms with E-state index < -0.39 is 41.9 Å². The molecule has 1 fully saturated rings. The van der Waals surface area contributed by atoms with Gasteiger partial charge in [0.1, 0.15) is 16.7 Å². The van der Waals surface area contributed by atoms with Gasteiger partial charge in [-0.1, -0.05) is 84.0 Å². The third-order valence-electron chi connectivity index (χ3n) is 12.8. The second kappa shape index (κ2) is 27.0. The lowest BCUT2D eigenvalue weighted by Crippen LogP contribution is -2.59. The van der Waals surface area contributed by atoms with Crippen molar-refractivity contribution >= 4 is 41.1 Å². The number of amides is 5.